The first-order valence-electron chi connectivity index (χ1n) is 10.3. The Labute approximate surface area is 180 Å². The predicted molar refractivity (Wildman–Crippen MR) is 118 cm³/mol. The van der Waals surface area contributed by atoms with Crippen molar-refractivity contribution in [3.63, 3.8) is 0 Å². The Morgan fingerprint density at radius 3 is 2.52 bits per heavy atom. The molecule has 0 aliphatic heterocycles. The van der Waals surface area contributed by atoms with Crippen molar-refractivity contribution in [2.75, 3.05) is 14.2 Å². The minimum atomic E-state index is 0.110. The van der Waals surface area contributed by atoms with Crippen LogP contribution in [0.5, 0.6) is 5.75 Å². The Hall–Kier alpha value is -3.51. The molecule has 0 saturated carbocycles. The zero-order valence-corrected chi connectivity index (χ0v) is 17.5. The topological polar surface area (TPSA) is 65.7 Å². The summed E-state index contributed by atoms with van der Waals surface area (Å²) >= 11 is 0. The lowest BCUT2D eigenvalue weighted by Gasteiger charge is -2.24. The van der Waals surface area contributed by atoms with Crippen LogP contribution in [0.4, 0.5) is 0 Å². The number of carbonyl (C=O) groups is 1. The predicted octanol–water partition coefficient (Wildman–Crippen LogP) is 4.46. The van der Waals surface area contributed by atoms with Gasteiger partial charge >= 0.3 is 0 Å². The fraction of sp³-hybridized carbons (Fsp3) is 0.240. The first-order valence-corrected chi connectivity index (χ1v) is 10.3. The van der Waals surface area contributed by atoms with Gasteiger partial charge in [0.1, 0.15) is 5.75 Å². The van der Waals surface area contributed by atoms with Crippen LogP contribution in [0.25, 0.3) is 16.8 Å². The number of ketones is 1. The molecule has 31 heavy (non-hydrogen) atoms. The van der Waals surface area contributed by atoms with Crippen molar-refractivity contribution in [2.45, 2.75) is 25.4 Å². The van der Waals surface area contributed by atoms with E-state index in [2.05, 4.69) is 17.1 Å². The van der Waals surface area contributed by atoms with E-state index in [1.807, 2.05) is 47.0 Å². The molecule has 1 atom stereocenters. The molecule has 2 aromatic carbocycles. The van der Waals surface area contributed by atoms with Crippen LogP contribution < -0.4 is 4.74 Å². The fourth-order valence-corrected chi connectivity index (χ4v) is 4.40. The third-order valence-corrected chi connectivity index (χ3v) is 5.92. The van der Waals surface area contributed by atoms with E-state index >= 15 is 0 Å². The minimum Gasteiger partial charge on any atom is -0.497 e. The van der Waals surface area contributed by atoms with Crippen LogP contribution in [-0.4, -0.2) is 34.6 Å². The van der Waals surface area contributed by atoms with Crippen molar-refractivity contribution >= 4 is 11.4 Å². The van der Waals surface area contributed by atoms with Gasteiger partial charge in [-0.2, -0.15) is 5.10 Å². The number of nitrogens with zero attached hydrogens (tertiary/aromatic N) is 3. The SMILES string of the molecule is COCc1nn2c3c(cnc2c1-c1ccc(OC)cc1)C(=O)C[C@@H](c1ccccc1)C3. The summed E-state index contributed by atoms with van der Waals surface area (Å²) in [5.41, 5.74) is 6.17. The quantitative estimate of drug-likeness (QED) is 0.483. The van der Waals surface area contributed by atoms with Gasteiger partial charge in [-0.25, -0.2) is 9.50 Å². The first-order chi connectivity index (χ1) is 15.2. The minimum absolute atomic E-state index is 0.110. The normalized spacial score (nSPS) is 15.8. The van der Waals surface area contributed by atoms with Crippen molar-refractivity contribution in [1.29, 1.82) is 0 Å². The molecule has 2 heterocycles. The molecule has 0 N–H and O–H groups in total. The van der Waals surface area contributed by atoms with Crippen molar-refractivity contribution in [3.05, 3.63) is 83.3 Å². The Balaban J connectivity index is 1.67. The zero-order chi connectivity index (χ0) is 21.4. The Kier molecular flexibility index (Phi) is 5.00. The molecule has 2 aromatic heterocycles. The molecular formula is C25H23N3O3. The van der Waals surface area contributed by atoms with E-state index < -0.39 is 0 Å². The summed E-state index contributed by atoms with van der Waals surface area (Å²) in [6, 6.07) is 18.0. The monoisotopic (exact) mass is 413 g/mol. The van der Waals surface area contributed by atoms with E-state index in [9.17, 15) is 4.79 Å². The van der Waals surface area contributed by atoms with Gasteiger partial charge in [0.05, 0.1) is 36.2 Å². The van der Waals surface area contributed by atoms with Crippen LogP contribution in [0.3, 0.4) is 0 Å². The summed E-state index contributed by atoms with van der Waals surface area (Å²) in [5.74, 6) is 1.03. The molecular weight excluding hydrogens is 390 g/mol. The number of methoxy groups -OCH3 is 2. The van der Waals surface area contributed by atoms with Crippen molar-refractivity contribution in [1.82, 2.24) is 14.6 Å². The smallest absolute Gasteiger partial charge is 0.166 e. The Morgan fingerprint density at radius 1 is 1.03 bits per heavy atom. The van der Waals surface area contributed by atoms with Gasteiger partial charge in [-0.05, 0) is 35.6 Å². The molecule has 1 aliphatic rings. The van der Waals surface area contributed by atoms with Gasteiger partial charge in [0, 0.05) is 19.7 Å². The van der Waals surface area contributed by atoms with Crippen molar-refractivity contribution in [3.8, 4) is 16.9 Å². The molecule has 4 aromatic rings. The standard InChI is InChI=1S/C25H23N3O3/c1-30-15-21-24(17-8-10-19(31-2)11-9-17)25-26-14-20-22(28(25)27-21)12-18(13-23(20)29)16-6-4-3-5-7-16/h3-11,14,18H,12-13,15H2,1-2H3/t18-/m0/s1. The van der Waals surface area contributed by atoms with E-state index in [-0.39, 0.29) is 11.7 Å². The lowest BCUT2D eigenvalue weighted by atomic mass is 9.82. The van der Waals surface area contributed by atoms with Crippen LogP contribution in [0.1, 0.15) is 39.6 Å². The molecule has 1 aliphatic carbocycles. The van der Waals surface area contributed by atoms with Crippen LogP contribution in [0.2, 0.25) is 0 Å². The van der Waals surface area contributed by atoms with Crippen LogP contribution >= 0.6 is 0 Å². The number of Topliss-reactive ketones (excluding diaryl/α,β-unsaturated/α-hetero) is 1. The van der Waals surface area contributed by atoms with Gasteiger partial charge in [0.2, 0.25) is 0 Å². The number of benzene rings is 2. The molecule has 6 nitrogen and oxygen atoms in total. The molecule has 0 saturated heterocycles. The Bertz CT molecular complexity index is 1250. The third-order valence-electron chi connectivity index (χ3n) is 5.92. The van der Waals surface area contributed by atoms with Crippen LogP contribution in [0.15, 0.2) is 60.8 Å². The summed E-state index contributed by atoms with van der Waals surface area (Å²) in [6.07, 6.45) is 2.93. The maximum absolute atomic E-state index is 13.0. The highest BCUT2D eigenvalue weighted by atomic mass is 16.5. The van der Waals surface area contributed by atoms with Gasteiger partial charge in [0.15, 0.2) is 11.4 Å². The fourth-order valence-electron chi connectivity index (χ4n) is 4.40. The highest BCUT2D eigenvalue weighted by Gasteiger charge is 2.30. The van der Waals surface area contributed by atoms with Gasteiger partial charge in [-0.1, -0.05) is 42.5 Å². The lowest BCUT2D eigenvalue weighted by Crippen LogP contribution is -2.22. The van der Waals surface area contributed by atoms with E-state index in [1.54, 1.807) is 20.4 Å². The molecule has 0 unspecified atom stereocenters. The summed E-state index contributed by atoms with van der Waals surface area (Å²) in [6.45, 7) is 0.357. The van der Waals surface area contributed by atoms with E-state index in [0.717, 1.165) is 40.3 Å². The average Bonchev–Trinajstić information content (AvgIpc) is 3.18. The van der Waals surface area contributed by atoms with Gasteiger partial charge in [0.25, 0.3) is 0 Å². The largest absolute Gasteiger partial charge is 0.497 e. The number of hydrogen-bond acceptors (Lipinski definition) is 5. The number of carbonyl (C=O) groups excluding carboxylic acids is 1. The highest BCUT2D eigenvalue weighted by molar-refractivity contribution is 5.99. The molecule has 5 rings (SSSR count). The summed E-state index contributed by atoms with van der Waals surface area (Å²) in [7, 11) is 3.30. The van der Waals surface area contributed by atoms with E-state index in [1.165, 1.54) is 5.56 Å². The van der Waals surface area contributed by atoms with Crippen molar-refractivity contribution < 1.29 is 14.3 Å². The maximum Gasteiger partial charge on any atom is 0.166 e. The molecule has 0 spiro atoms. The summed E-state index contributed by atoms with van der Waals surface area (Å²) in [5, 5.41) is 4.84. The van der Waals surface area contributed by atoms with Gasteiger partial charge in [-0.3, -0.25) is 4.79 Å². The molecule has 156 valence electrons. The third kappa shape index (κ3) is 3.39. The molecule has 0 bridgehead atoms. The number of aromatic nitrogens is 3. The Morgan fingerprint density at radius 2 is 1.81 bits per heavy atom. The van der Waals surface area contributed by atoms with E-state index in [4.69, 9.17) is 14.6 Å². The molecule has 0 fully saturated rings. The second kappa shape index (κ2) is 7.96. The number of ether oxygens (including phenoxy) is 2. The number of fused-ring (bicyclic) bond motifs is 3. The first kappa shape index (κ1) is 19.5. The highest BCUT2D eigenvalue weighted by Crippen LogP contribution is 2.35. The lowest BCUT2D eigenvalue weighted by molar-refractivity contribution is 0.0962. The van der Waals surface area contributed by atoms with Crippen molar-refractivity contribution in [2.24, 2.45) is 0 Å². The van der Waals surface area contributed by atoms with Crippen LogP contribution in [-0.2, 0) is 17.8 Å². The second-order valence-corrected chi connectivity index (χ2v) is 7.78. The van der Waals surface area contributed by atoms with E-state index in [0.29, 0.717) is 18.6 Å². The maximum atomic E-state index is 13.0. The number of hydrogen-bond donors (Lipinski definition) is 0. The molecule has 0 amide bonds. The van der Waals surface area contributed by atoms with Gasteiger partial charge in [-0.15, -0.1) is 0 Å². The average molecular weight is 413 g/mol. The molecule has 0 radical (unpaired) electrons. The van der Waals surface area contributed by atoms with Crippen LogP contribution in [0, 0.1) is 0 Å². The second-order valence-electron chi connectivity index (χ2n) is 7.78. The zero-order valence-electron chi connectivity index (χ0n) is 17.5. The summed E-state index contributed by atoms with van der Waals surface area (Å²) in [4.78, 5) is 17.6. The van der Waals surface area contributed by atoms with Gasteiger partial charge < -0.3 is 9.47 Å². The molecule has 6 heteroatoms. The summed E-state index contributed by atoms with van der Waals surface area (Å²) < 4.78 is 12.6. The number of rotatable bonds is 5.